The zero-order chi connectivity index (χ0) is 47.5. The van der Waals surface area contributed by atoms with Crippen LogP contribution in [0.25, 0.3) is 5.70 Å². The van der Waals surface area contributed by atoms with Gasteiger partial charge in [0.25, 0.3) is 6.47 Å². The summed E-state index contributed by atoms with van der Waals surface area (Å²) in [6.45, 7) is 26.6. The van der Waals surface area contributed by atoms with E-state index < -0.39 is 0 Å². The number of primary amides is 1. The fraction of sp³-hybridized carbons (Fsp3) is 0.667. The summed E-state index contributed by atoms with van der Waals surface area (Å²) in [4.78, 5) is 49.7. The molecule has 3 heterocycles. The van der Waals surface area contributed by atoms with Crippen LogP contribution in [0.5, 0.6) is 0 Å². The second kappa shape index (κ2) is 30.9. The van der Waals surface area contributed by atoms with E-state index in [-0.39, 0.29) is 35.3 Å². The lowest BCUT2D eigenvalue weighted by atomic mass is 9.76. The molecule has 0 radical (unpaired) electrons. The van der Waals surface area contributed by atoms with E-state index in [0.717, 1.165) is 119 Å². The first-order chi connectivity index (χ1) is 30.4. The highest BCUT2D eigenvalue weighted by molar-refractivity contribution is 5.88. The zero-order valence-electron chi connectivity index (χ0n) is 41.7. The van der Waals surface area contributed by atoms with Gasteiger partial charge < -0.3 is 40.4 Å². The topological polar surface area (TPSA) is 157 Å². The van der Waals surface area contributed by atoms with Crippen LogP contribution in [0.4, 0.5) is 11.4 Å². The van der Waals surface area contributed by atoms with Crippen LogP contribution >= 0.6 is 0 Å². The number of pyridine rings is 1. The maximum Gasteiger partial charge on any atom is 0.293 e. The summed E-state index contributed by atoms with van der Waals surface area (Å²) in [5.74, 6) is 0.211. The van der Waals surface area contributed by atoms with Crippen molar-refractivity contribution in [2.24, 2.45) is 27.8 Å². The Morgan fingerprint density at radius 1 is 1.00 bits per heavy atom. The van der Waals surface area contributed by atoms with Crippen LogP contribution in [-0.2, 0) is 23.9 Å². The van der Waals surface area contributed by atoms with Gasteiger partial charge in [-0.05, 0) is 109 Å². The number of amides is 1. The summed E-state index contributed by atoms with van der Waals surface area (Å²) in [5, 5.41) is 0. The van der Waals surface area contributed by atoms with Crippen molar-refractivity contribution in [3.63, 3.8) is 0 Å². The second-order valence-corrected chi connectivity index (χ2v) is 16.9. The van der Waals surface area contributed by atoms with E-state index in [2.05, 4.69) is 99.4 Å². The summed E-state index contributed by atoms with van der Waals surface area (Å²) < 4.78 is 11.3. The van der Waals surface area contributed by atoms with Crippen molar-refractivity contribution in [2.75, 3.05) is 70.3 Å². The molecular weight excluding hydrogens is 791 g/mol. The third-order valence-electron chi connectivity index (χ3n) is 12.0. The van der Waals surface area contributed by atoms with Crippen LogP contribution in [0.1, 0.15) is 174 Å². The lowest BCUT2D eigenvalue weighted by Crippen LogP contribution is -2.44. The lowest BCUT2D eigenvalue weighted by Gasteiger charge is -2.37. The molecule has 1 aromatic heterocycles. The molecule has 63 heavy (non-hydrogen) atoms. The van der Waals surface area contributed by atoms with Crippen molar-refractivity contribution in [2.45, 2.75) is 152 Å². The van der Waals surface area contributed by atoms with Crippen LogP contribution in [0, 0.1) is 11.3 Å². The third-order valence-corrected chi connectivity index (χ3v) is 12.0. The van der Waals surface area contributed by atoms with Crippen LogP contribution in [0.2, 0.25) is 0 Å². The molecule has 1 aliphatic carbocycles. The monoisotopic (exact) mass is 878 g/mol. The average Bonchev–Trinajstić information content (AvgIpc) is 3.58. The number of carbonyl (C=O) groups is 3. The predicted octanol–water partition coefficient (Wildman–Crippen LogP) is 10.1. The van der Waals surface area contributed by atoms with Gasteiger partial charge in [-0.15, -0.1) is 0 Å². The van der Waals surface area contributed by atoms with Crippen molar-refractivity contribution >= 4 is 41.4 Å². The molecule has 5 rings (SSSR count). The molecule has 1 saturated carbocycles. The number of fused-ring (bicyclic) bond motifs is 1. The number of unbranched alkanes of at least 4 members (excludes halogenated alkanes) is 4. The van der Waals surface area contributed by atoms with Crippen molar-refractivity contribution in [3.05, 3.63) is 58.9 Å². The number of allylic oxidation sites excluding steroid dienone is 1. The maximum atomic E-state index is 11.3. The number of rotatable bonds is 20. The van der Waals surface area contributed by atoms with E-state index in [9.17, 15) is 14.4 Å². The number of aromatic nitrogens is 1. The summed E-state index contributed by atoms with van der Waals surface area (Å²) in [6, 6.07) is 9.23. The number of benzene rings is 1. The summed E-state index contributed by atoms with van der Waals surface area (Å²) in [7, 11) is 5.43. The molecule has 356 valence electrons. The summed E-state index contributed by atoms with van der Waals surface area (Å²) in [6.07, 6.45) is 14.8. The Morgan fingerprint density at radius 3 is 2.17 bits per heavy atom. The Morgan fingerprint density at radius 2 is 1.65 bits per heavy atom. The van der Waals surface area contributed by atoms with Gasteiger partial charge in [0.1, 0.15) is 6.29 Å². The van der Waals surface area contributed by atoms with E-state index in [1.807, 2.05) is 33.9 Å². The minimum atomic E-state index is -0.264. The first-order valence-electron chi connectivity index (χ1n) is 23.8. The third kappa shape index (κ3) is 17.4. The maximum absolute atomic E-state index is 11.3. The Labute approximate surface area is 382 Å². The molecular formula is C51H87N7O5. The normalized spacial score (nSPS) is 18.1. The highest BCUT2D eigenvalue weighted by Gasteiger charge is 2.43. The molecule has 12 nitrogen and oxygen atoms in total. The minimum Gasteiger partial charge on any atom is -0.467 e. The number of carbonyl (C=O) groups excluding carboxylic acids is 3. The Kier molecular flexibility index (Phi) is 27.9. The molecule has 1 amide bonds. The van der Waals surface area contributed by atoms with Gasteiger partial charge in [0.2, 0.25) is 5.91 Å². The summed E-state index contributed by atoms with van der Waals surface area (Å²) in [5.41, 5.74) is 18.2. The van der Waals surface area contributed by atoms with E-state index in [0.29, 0.717) is 19.5 Å². The fourth-order valence-corrected chi connectivity index (χ4v) is 8.32. The zero-order valence-corrected chi connectivity index (χ0v) is 41.7. The number of hydrogen-bond donors (Lipinski definition) is 2. The fourth-order valence-electron chi connectivity index (χ4n) is 8.32. The molecule has 0 spiro atoms. The molecule has 2 aliphatic heterocycles. The van der Waals surface area contributed by atoms with Gasteiger partial charge in [0.15, 0.2) is 0 Å². The van der Waals surface area contributed by atoms with Gasteiger partial charge in [-0.25, -0.2) is 0 Å². The van der Waals surface area contributed by atoms with Crippen LogP contribution in [-0.4, -0.2) is 94.8 Å². The quantitative estimate of drug-likeness (QED) is 0.0746. The Hall–Kier alpha value is -4.13. The number of nitrogens with zero attached hydrogens (tertiary/aromatic N) is 5. The van der Waals surface area contributed by atoms with Crippen LogP contribution < -0.4 is 21.3 Å². The number of anilines is 2. The number of piperazine rings is 1. The Bertz CT molecular complexity index is 1680. The lowest BCUT2D eigenvalue weighted by molar-refractivity contribution is -0.131. The second-order valence-electron chi connectivity index (χ2n) is 16.9. The average molecular weight is 878 g/mol. The Balaban J connectivity index is 0.00000134. The summed E-state index contributed by atoms with van der Waals surface area (Å²) >= 11 is 0. The van der Waals surface area contributed by atoms with Crippen molar-refractivity contribution in [1.29, 1.82) is 0 Å². The van der Waals surface area contributed by atoms with Gasteiger partial charge in [0, 0.05) is 80.6 Å². The molecule has 2 aromatic rings. The van der Waals surface area contributed by atoms with Gasteiger partial charge in [-0.2, -0.15) is 0 Å². The molecule has 4 N–H and O–H groups in total. The molecule has 3 atom stereocenters. The predicted molar refractivity (Wildman–Crippen MR) is 265 cm³/mol. The molecule has 12 heteroatoms. The molecule has 3 aliphatic rings. The number of likely N-dealkylation sites (N-methyl/N-ethyl adjacent to an activating group) is 2. The smallest absolute Gasteiger partial charge is 0.293 e. The highest BCUT2D eigenvalue weighted by Crippen LogP contribution is 2.55. The van der Waals surface area contributed by atoms with Gasteiger partial charge in [0.05, 0.1) is 42.0 Å². The van der Waals surface area contributed by atoms with Crippen molar-refractivity contribution in [1.82, 2.24) is 9.88 Å². The van der Waals surface area contributed by atoms with E-state index in [4.69, 9.17) is 25.2 Å². The van der Waals surface area contributed by atoms with Crippen LogP contribution in [0.15, 0.2) is 41.5 Å². The van der Waals surface area contributed by atoms with Crippen LogP contribution in [0.3, 0.4) is 0 Å². The van der Waals surface area contributed by atoms with E-state index in [1.165, 1.54) is 30.3 Å². The number of nitrogens with two attached hydrogens (primary N) is 2. The number of aliphatic imine (C=N–C) groups is 1. The first-order valence-corrected chi connectivity index (χ1v) is 23.8. The molecule has 1 saturated heterocycles. The van der Waals surface area contributed by atoms with Crippen molar-refractivity contribution in [3.8, 4) is 0 Å². The number of ether oxygens (including phenoxy) is 2. The SMILES string of the molecule is C/C=C(\N=C(C)CCCCCCC=O)c1ccc2c(c1)C(CC(C)(C)COC=O)C(c1cc(N3CCN(C)CC3)cnc1C(C)OC)N2CC.CC.CC.CN.NC(=O)C1CCC1. The number of methoxy groups -OCH3 is 1. The number of hydrogen-bond acceptors (Lipinski definition) is 11. The minimum absolute atomic E-state index is 0.0202. The standard InChI is InChI=1S/C41H61N5O4.C5H9NO.2C2H6.CH5N/c1-9-37(43-30(3)16-14-12-11-13-15-23-47)32-17-18-38-34(24-32)36(26-41(5,6)28-50-29-48)40(46(38)10-2)35-25-33(27-42-39(35)31(4)49-8)45-21-19-44(7)20-22-45;6-5(7)4-2-1-3-4;3*1-2/h9,17-18,23-25,27,29,31,36,40H,10-16,19-22,26,28H2,1-8H3;4H,1-3H2,(H2,6,7);2*1-2H3;2H2,1H3/b37-9-,43-30?;;;;. The first kappa shape index (κ1) is 56.9. The number of aldehydes is 1. The molecule has 3 unspecified atom stereocenters. The van der Waals surface area contributed by atoms with E-state index >= 15 is 0 Å². The molecule has 1 aromatic carbocycles. The molecule has 0 bridgehead atoms. The molecule has 2 fully saturated rings. The largest absolute Gasteiger partial charge is 0.467 e. The van der Waals surface area contributed by atoms with Crippen molar-refractivity contribution < 1.29 is 23.9 Å². The van der Waals surface area contributed by atoms with E-state index in [1.54, 1.807) is 7.11 Å². The van der Waals surface area contributed by atoms with Gasteiger partial charge in [-0.3, -0.25) is 19.6 Å². The van der Waals surface area contributed by atoms with Gasteiger partial charge >= 0.3 is 0 Å². The highest BCUT2D eigenvalue weighted by atomic mass is 16.5. The van der Waals surface area contributed by atoms with Gasteiger partial charge in [-0.1, -0.05) is 72.9 Å².